The molecule has 1 aliphatic rings. The summed E-state index contributed by atoms with van der Waals surface area (Å²) < 4.78 is 5.86. The molecular formula is C18H29NO. The normalized spacial score (nSPS) is 19.6. The van der Waals surface area contributed by atoms with Gasteiger partial charge in [0.05, 0.1) is 6.61 Å². The lowest BCUT2D eigenvalue weighted by Crippen LogP contribution is -2.38. The maximum Gasteiger partial charge on any atom is 0.124 e. The molecule has 0 amide bonds. The van der Waals surface area contributed by atoms with Gasteiger partial charge < -0.3 is 10.1 Å². The number of ether oxygens (including phenoxy) is 1. The van der Waals surface area contributed by atoms with Crippen molar-refractivity contribution in [2.45, 2.75) is 58.9 Å². The van der Waals surface area contributed by atoms with E-state index in [4.69, 9.17) is 4.74 Å². The van der Waals surface area contributed by atoms with E-state index in [-0.39, 0.29) is 0 Å². The SMILES string of the molecule is CCNC(c1ccccc1OCC)C1(C)CCCCC1. The number of hydrogen-bond acceptors (Lipinski definition) is 2. The molecule has 1 fully saturated rings. The van der Waals surface area contributed by atoms with Crippen LogP contribution in [0.25, 0.3) is 0 Å². The Labute approximate surface area is 123 Å². The molecular weight excluding hydrogens is 246 g/mol. The lowest BCUT2D eigenvalue weighted by molar-refractivity contribution is 0.143. The Kier molecular flexibility index (Phi) is 5.47. The second-order valence-electron chi connectivity index (χ2n) is 6.18. The van der Waals surface area contributed by atoms with Crippen molar-refractivity contribution in [2.24, 2.45) is 5.41 Å². The van der Waals surface area contributed by atoms with Crippen molar-refractivity contribution in [3.05, 3.63) is 29.8 Å². The summed E-state index contributed by atoms with van der Waals surface area (Å²) in [5.41, 5.74) is 1.68. The first kappa shape index (κ1) is 15.4. The molecule has 112 valence electrons. The van der Waals surface area contributed by atoms with E-state index < -0.39 is 0 Å². The van der Waals surface area contributed by atoms with Crippen molar-refractivity contribution < 1.29 is 4.74 Å². The van der Waals surface area contributed by atoms with Crippen molar-refractivity contribution in [3.63, 3.8) is 0 Å². The van der Waals surface area contributed by atoms with E-state index in [2.05, 4.69) is 50.4 Å². The van der Waals surface area contributed by atoms with E-state index in [0.717, 1.165) is 18.9 Å². The van der Waals surface area contributed by atoms with Crippen molar-refractivity contribution in [1.29, 1.82) is 0 Å². The molecule has 1 aromatic carbocycles. The zero-order valence-corrected chi connectivity index (χ0v) is 13.2. The largest absolute Gasteiger partial charge is 0.494 e. The van der Waals surface area contributed by atoms with E-state index in [9.17, 15) is 0 Å². The topological polar surface area (TPSA) is 21.3 Å². The van der Waals surface area contributed by atoms with E-state index in [0.29, 0.717) is 11.5 Å². The molecule has 1 aromatic rings. The number of benzene rings is 1. The Morgan fingerprint density at radius 2 is 1.85 bits per heavy atom. The summed E-state index contributed by atoms with van der Waals surface area (Å²) in [6.07, 6.45) is 6.72. The molecule has 0 saturated heterocycles. The van der Waals surface area contributed by atoms with E-state index in [1.165, 1.54) is 37.7 Å². The third-order valence-corrected chi connectivity index (χ3v) is 4.63. The van der Waals surface area contributed by atoms with Gasteiger partial charge in [-0.25, -0.2) is 0 Å². The van der Waals surface area contributed by atoms with Gasteiger partial charge in [-0.2, -0.15) is 0 Å². The van der Waals surface area contributed by atoms with Gasteiger partial charge in [-0.05, 0) is 37.8 Å². The van der Waals surface area contributed by atoms with Crippen LogP contribution in [-0.4, -0.2) is 13.2 Å². The number of para-hydroxylation sites is 1. The lowest BCUT2D eigenvalue weighted by Gasteiger charge is -2.42. The van der Waals surface area contributed by atoms with Crippen LogP contribution in [-0.2, 0) is 0 Å². The summed E-state index contributed by atoms with van der Waals surface area (Å²) in [7, 11) is 0. The van der Waals surface area contributed by atoms with Gasteiger partial charge in [0, 0.05) is 11.6 Å². The molecule has 0 bridgehead atoms. The summed E-state index contributed by atoms with van der Waals surface area (Å²) >= 11 is 0. The number of rotatable bonds is 6. The van der Waals surface area contributed by atoms with Crippen LogP contribution in [0.1, 0.15) is 64.5 Å². The molecule has 1 atom stereocenters. The van der Waals surface area contributed by atoms with Crippen molar-refractivity contribution in [2.75, 3.05) is 13.2 Å². The Balaban J connectivity index is 2.32. The molecule has 1 saturated carbocycles. The molecule has 2 rings (SSSR count). The molecule has 0 aliphatic heterocycles. The quantitative estimate of drug-likeness (QED) is 0.812. The van der Waals surface area contributed by atoms with Crippen molar-refractivity contribution in [3.8, 4) is 5.75 Å². The maximum absolute atomic E-state index is 5.86. The highest BCUT2D eigenvalue weighted by atomic mass is 16.5. The highest BCUT2D eigenvalue weighted by molar-refractivity contribution is 5.37. The average Bonchev–Trinajstić information content (AvgIpc) is 2.47. The van der Waals surface area contributed by atoms with Gasteiger partial charge in [0.2, 0.25) is 0 Å². The second-order valence-corrected chi connectivity index (χ2v) is 6.18. The predicted molar refractivity (Wildman–Crippen MR) is 85.2 cm³/mol. The Hall–Kier alpha value is -1.02. The summed E-state index contributed by atoms with van der Waals surface area (Å²) in [5, 5.41) is 3.73. The molecule has 2 nitrogen and oxygen atoms in total. The smallest absolute Gasteiger partial charge is 0.124 e. The first-order valence-electron chi connectivity index (χ1n) is 8.16. The van der Waals surface area contributed by atoms with Gasteiger partial charge in [-0.1, -0.05) is 51.3 Å². The van der Waals surface area contributed by atoms with Gasteiger partial charge in [0.1, 0.15) is 5.75 Å². The van der Waals surface area contributed by atoms with Crippen molar-refractivity contribution in [1.82, 2.24) is 5.32 Å². The van der Waals surface area contributed by atoms with Crippen LogP contribution in [0.3, 0.4) is 0 Å². The zero-order valence-electron chi connectivity index (χ0n) is 13.2. The average molecular weight is 275 g/mol. The third-order valence-electron chi connectivity index (χ3n) is 4.63. The minimum atomic E-state index is 0.349. The molecule has 0 heterocycles. The van der Waals surface area contributed by atoms with Gasteiger partial charge in [-0.15, -0.1) is 0 Å². The summed E-state index contributed by atoms with van der Waals surface area (Å²) in [6.45, 7) is 8.43. The van der Waals surface area contributed by atoms with Crippen LogP contribution in [0.2, 0.25) is 0 Å². The van der Waals surface area contributed by atoms with Crippen LogP contribution in [0, 0.1) is 5.41 Å². The van der Waals surface area contributed by atoms with Gasteiger partial charge in [0.25, 0.3) is 0 Å². The Morgan fingerprint density at radius 3 is 2.50 bits per heavy atom. The fourth-order valence-electron chi connectivity index (χ4n) is 3.59. The molecule has 1 N–H and O–H groups in total. The van der Waals surface area contributed by atoms with E-state index in [1.807, 2.05) is 0 Å². The lowest BCUT2D eigenvalue weighted by atomic mass is 9.68. The highest BCUT2D eigenvalue weighted by Gasteiger charge is 2.37. The van der Waals surface area contributed by atoms with Gasteiger partial charge >= 0.3 is 0 Å². The van der Waals surface area contributed by atoms with Gasteiger partial charge in [-0.3, -0.25) is 0 Å². The van der Waals surface area contributed by atoms with E-state index >= 15 is 0 Å². The van der Waals surface area contributed by atoms with Gasteiger partial charge in [0.15, 0.2) is 0 Å². The minimum absolute atomic E-state index is 0.349. The van der Waals surface area contributed by atoms with Crippen molar-refractivity contribution >= 4 is 0 Å². The van der Waals surface area contributed by atoms with Crippen LogP contribution < -0.4 is 10.1 Å². The summed E-state index contributed by atoms with van der Waals surface area (Å²) in [5.74, 6) is 1.05. The number of nitrogens with one attached hydrogen (secondary N) is 1. The fourth-order valence-corrected chi connectivity index (χ4v) is 3.59. The summed E-state index contributed by atoms with van der Waals surface area (Å²) in [6, 6.07) is 8.94. The van der Waals surface area contributed by atoms with Crippen LogP contribution >= 0.6 is 0 Å². The Bertz CT molecular complexity index is 410. The second kappa shape index (κ2) is 7.12. The predicted octanol–water partition coefficient (Wildman–Crippen LogP) is 4.71. The first-order chi connectivity index (χ1) is 9.71. The molecule has 0 aromatic heterocycles. The standard InChI is InChI=1S/C18H29NO/c1-4-19-17(18(3)13-9-6-10-14-18)15-11-7-8-12-16(15)20-5-2/h7-8,11-12,17,19H,4-6,9-10,13-14H2,1-3H3. The molecule has 0 spiro atoms. The van der Waals surface area contributed by atoms with Crippen LogP contribution in [0.15, 0.2) is 24.3 Å². The minimum Gasteiger partial charge on any atom is -0.494 e. The zero-order chi connectivity index (χ0) is 14.4. The maximum atomic E-state index is 5.86. The monoisotopic (exact) mass is 275 g/mol. The molecule has 2 heteroatoms. The summed E-state index contributed by atoms with van der Waals surface area (Å²) in [4.78, 5) is 0. The fraction of sp³-hybridized carbons (Fsp3) is 0.667. The number of hydrogen-bond donors (Lipinski definition) is 1. The first-order valence-corrected chi connectivity index (χ1v) is 8.16. The molecule has 0 radical (unpaired) electrons. The molecule has 20 heavy (non-hydrogen) atoms. The highest BCUT2D eigenvalue weighted by Crippen LogP contribution is 2.47. The van der Waals surface area contributed by atoms with Crippen LogP contribution in [0.5, 0.6) is 5.75 Å². The van der Waals surface area contributed by atoms with Crippen LogP contribution in [0.4, 0.5) is 0 Å². The molecule has 1 unspecified atom stereocenters. The molecule has 1 aliphatic carbocycles. The Morgan fingerprint density at radius 1 is 1.15 bits per heavy atom. The van der Waals surface area contributed by atoms with E-state index in [1.54, 1.807) is 0 Å². The third kappa shape index (κ3) is 3.35.